The lowest BCUT2D eigenvalue weighted by Gasteiger charge is -2.07. The Morgan fingerprint density at radius 3 is 2.10 bits per heavy atom. The molecule has 1 amide bonds. The summed E-state index contributed by atoms with van der Waals surface area (Å²) in [5.41, 5.74) is 0.383. The van der Waals surface area contributed by atoms with E-state index < -0.39 is 0 Å². The summed E-state index contributed by atoms with van der Waals surface area (Å²) in [6.07, 6.45) is 0. The zero-order valence-electron chi connectivity index (χ0n) is 10.6. The molecule has 104 valence electrons. The Hall–Kier alpha value is -2.43. The molecule has 5 heteroatoms. The van der Waals surface area contributed by atoms with Gasteiger partial charge in [0.15, 0.2) is 0 Å². The molecule has 0 fully saturated rings. The van der Waals surface area contributed by atoms with Gasteiger partial charge in [-0.15, -0.1) is 0 Å². The van der Waals surface area contributed by atoms with E-state index in [9.17, 15) is 13.6 Å². The predicted octanol–water partition coefficient (Wildman–Crippen LogP) is 2.77. The summed E-state index contributed by atoms with van der Waals surface area (Å²) in [6, 6.07) is 10.9. The van der Waals surface area contributed by atoms with Crippen LogP contribution in [0.5, 0.6) is 5.75 Å². The molecule has 0 atom stereocenters. The van der Waals surface area contributed by atoms with Crippen LogP contribution in [0.1, 0.15) is 10.4 Å². The Kier molecular flexibility index (Phi) is 4.65. The van der Waals surface area contributed by atoms with Gasteiger partial charge >= 0.3 is 0 Å². The van der Waals surface area contributed by atoms with Crippen molar-refractivity contribution in [2.24, 2.45) is 0 Å². The second-order valence-corrected chi connectivity index (χ2v) is 4.07. The number of ether oxygens (including phenoxy) is 1. The molecular formula is C15H13F2NO2. The van der Waals surface area contributed by atoms with Crippen molar-refractivity contribution in [3.8, 4) is 5.75 Å². The minimum Gasteiger partial charge on any atom is -0.492 e. The van der Waals surface area contributed by atoms with Gasteiger partial charge in [0.2, 0.25) is 0 Å². The Morgan fingerprint density at radius 1 is 0.950 bits per heavy atom. The van der Waals surface area contributed by atoms with Crippen LogP contribution >= 0.6 is 0 Å². The van der Waals surface area contributed by atoms with Gasteiger partial charge in [-0.25, -0.2) is 8.78 Å². The number of benzene rings is 2. The van der Waals surface area contributed by atoms with Crippen molar-refractivity contribution in [3.63, 3.8) is 0 Å². The first-order chi connectivity index (χ1) is 9.65. The monoisotopic (exact) mass is 277 g/mol. The molecule has 0 aliphatic heterocycles. The molecule has 0 spiro atoms. The van der Waals surface area contributed by atoms with Crippen LogP contribution in [0.2, 0.25) is 0 Å². The molecule has 0 heterocycles. The largest absolute Gasteiger partial charge is 0.492 e. The third kappa shape index (κ3) is 4.05. The van der Waals surface area contributed by atoms with Gasteiger partial charge < -0.3 is 10.1 Å². The van der Waals surface area contributed by atoms with Crippen LogP contribution < -0.4 is 10.1 Å². The average Bonchev–Trinajstić information content (AvgIpc) is 2.46. The highest BCUT2D eigenvalue weighted by Crippen LogP contribution is 2.10. The van der Waals surface area contributed by atoms with E-state index in [-0.39, 0.29) is 24.1 Å². The van der Waals surface area contributed by atoms with E-state index >= 15 is 0 Å². The van der Waals surface area contributed by atoms with E-state index in [4.69, 9.17) is 4.74 Å². The van der Waals surface area contributed by atoms with E-state index in [1.165, 1.54) is 48.5 Å². The number of hydrogen-bond donors (Lipinski definition) is 1. The fourth-order valence-electron chi connectivity index (χ4n) is 1.57. The second kappa shape index (κ2) is 6.65. The number of hydrogen-bond acceptors (Lipinski definition) is 2. The molecule has 2 aromatic carbocycles. The Balaban J connectivity index is 1.74. The van der Waals surface area contributed by atoms with Crippen molar-refractivity contribution in [2.45, 2.75) is 0 Å². The molecular weight excluding hydrogens is 264 g/mol. The lowest BCUT2D eigenvalue weighted by molar-refractivity contribution is 0.0947. The van der Waals surface area contributed by atoms with Crippen LogP contribution in [-0.4, -0.2) is 19.1 Å². The third-order valence-corrected chi connectivity index (χ3v) is 2.58. The van der Waals surface area contributed by atoms with Gasteiger partial charge in [0, 0.05) is 5.56 Å². The Labute approximate surface area is 115 Å². The standard InChI is InChI=1S/C15H13F2NO2/c16-12-3-1-11(2-4-12)15(19)18-9-10-20-14-7-5-13(17)6-8-14/h1-8H,9-10H2,(H,18,19). The average molecular weight is 277 g/mol. The molecule has 0 unspecified atom stereocenters. The van der Waals surface area contributed by atoms with Crippen LogP contribution in [0.4, 0.5) is 8.78 Å². The third-order valence-electron chi connectivity index (χ3n) is 2.58. The topological polar surface area (TPSA) is 38.3 Å². The first-order valence-electron chi connectivity index (χ1n) is 6.07. The van der Waals surface area contributed by atoms with Gasteiger partial charge in [0.25, 0.3) is 5.91 Å². The maximum absolute atomic E-state index is 12.7. The minimum absolute atomic E-state index is 0.262. The summed E-state index contributed by atoms with van der Waals surface area (Å²) in [6.45, 7) is 0.562. The highest BCUT2D eigenvalue weighted by atomic mass is 19.1. The van der Waals surface area contributed by atoms with Gasteiger partial charge in [-0.2, -0.15) is 0 Å². The van der Waals surface area contributed by atoms with E-state index in [0.717, 1.165) is 0 Å². The highest BCUT2D eigenvalue weighted by molar-refractivity contribution is 5.94. The van der Waals surface area contributed by atoms with Gasteiger partial charge in [-0.05, 0) is 48.5 Å². The second-order valence-electron chi connectivity index (χ2n) is 4.07. The van der Waals surface area contributed by atoms with Crippen molar-refractivity contribution >= 4 is 5.91 Å². The van der Waals surface area contributed by atoms with Crippen LogP contribution in [0, 0.1) is 11.6 Å². The molecule has 0 aliphatic rings. The summed E-state index contributed by atoms with van der Waals surface area (Å²) >= 11 is 0. The highest BCUT2D eigenvalue weighted by Gasteiger charge is 2.04. The smallest absolute Gasteiger partial charge is 0.251 e. The molecule has 0 saturated carbocycles. The van der Waals surface area contributed by atoms with Crippen LogP contribution in [-0.2, 0) is 0 Å². The van der Waals surface area contributed by atoms with Crippen molar-refractivity contribution in [3.05, 3.63) is 65.7 Å². The molecule has 1 N–H and O–H groups in total. The molecule has 20 heavy (non-hydrogen) atoms. The van der Waals surface area contributed by atoms with Crippen LogP contribution in [0.15, 0.2) is 48.5 Å². The zero-order chi connectivity index (χ0) is 14.4. The molecule has 0 aliphatic carbocycles. The summed E-state index contributed by atoms with van der Waals surface area (Å²) in [5, 5.41) is 2.64. The van der Waals surface area contributed by atoms with Crippen molar-refractivity contribution in [1.82, 2.24) is 5.32 Å². The number of carbonyl (C=O) groups excluding carboxylic acids is 1. The van der Waals surface area contributed by atoms with Crippen molar-refractivity contribution in [1.29, 1.82) is 0 Å². The van der Waals surface area contributed by atoms with Gasteiger partial charge in [-0.3, -0.25) is 4.79 Å². The maximum Gasteiger partial charge on any atom is 0.251 e. The van der Waals surface area contributed by atoms with E-state index in [0.29, 0.717) is 17.9 Å². The van der Waals surface area contributed by atoms with Crippen molar-refractivity contribution in [2.75, 3.05) is 13.2 Å². The van der Waals surface area contributed by atoms with Crippen LogP contribution in [0.25, 0.3) is 0 Å². The minimum atomic E-state index is -0.388. The Bertz CT molecular complexity index is 567. The molecule has 0 bridgehead atoms. The quantitative estimate of drug-likeness (QED) is 0.853. The van der Waals surface area contributed by atoms with Gasteiger partial charge in [-0.1, -0.05) is 0 Å². The van der Waals surface area contributed by atoms with Crippen LogP contribution in [0.3, 0.4) is 0 Å². The summed E-state index contributed by atoms with van der Waals surface area (Å²) in [5.74, 6) is -0.488. The number of amides is 1. The van der Waals surface area contributed by atoms with Gasteiger partial charge in [0.1, 0.15) is 24.0 Å². The Morgan fingerprint density at radius 2 is 1.50 bits per heavy atom. The molecule has 3 nitrogen and oxygen atoms in total. The molecule has 0 saturated heterocycles. The lowest BCUT2D eigenvalue weighted by Crippen LogP contribution is -2.28. The fraction of sp³-hybridized carbons (Fsp3) is 0.133. The summed E-state index contributed by atoms with van der Waals surface area (Å²) in [7, 11) is 0. The number of halogens is 2. The van der Waals surface area contributed by atoms with E-state index in [1.807, 2.05) is 0 Å². The summed E-state index contributed by atoms with van der Waals surface area (Å²) in [4.78, 5) is 11.7. The fourth-order valence-corrected chi connectivity index (χ4v) is 1.57. The number of rotatable bonds is 5. The van der Waals surface area contributed by atoms with Gasteiger partial charge in [0.05, 0.1) is 6.54 Å². The SMILES string of the molecule is O=C(NCCOc1ccc(F)cc1)c1ccc(F)cc1. The van der Waals surface area contributed by atoms with E-state index in [1.54, 1.807) is 0 Å². The molecule has 2 rings (SSSR count). The normalized spacial score (nSPS) is 10.1. The predicted molar refractivity (Wildman–Crippen MR) is 70.6 cm³/mol. The molecule has 2 aromatic rings. The van der Waals surface area contributed by atoms with E-state index in [2.05, 4.69) is 5.32 Å². The summed E-state index contributed by atoms with van der Waals surface area (Å²) < 4.78 is 30.7. The number of carbonyl (C=O) groups is 1. The molecule has 0 aromatic heterocycles. The first kappa shape index (κ1) is 14.0. The zero-order valence-corrected chi connectivity index (χ0v) is 10.6. The van der Waals surface area contributed by atoms with Crippen molar-refractivity contribution < 1.29 is 18.3 Å². The first-order valence-corrected chi connectivity index (χ1v) is 6.07. The maximum atomic E-state index is 12.7. The molecule has 0 radical (unpaired) electrons. The lowest BCUT2D eigenvalue weighted by atomic mass is 10.2. The number of nitrogens with one attached hydrogen (secondary N) is 1.